The van der Waals surface area contributed by atoms with Crippen molar-refractivity contribution in [2.24, 2.45) is 0 Å². The third-order valence-electron chi connectivity index (χ3n) is 4.46. The molecule has 2 aromatic carbocycles. The lowest BCUT2D eigenvalue weighted by Crippen LogP contribution is -2.30. The van der Waals surface area contributed by atoms with Crippen molar-refractivity contribution in [1.29, 1.82) is 5.26 Å². The smallest absolute Gasteiger partial charge is 0.284 e. The van der Waals surface area contributed by atoms with Crippen LogP contribution in [0.3, 0.4) is 0 Å². The molecule has 0 fully saturated rings. The van der Waals surface area contributed by atoms with Crippen LogP contribution in [0.5, 0.6) is 0 Å². The summed E-state index contributed by atoms with van der Waals surface area (Å²) in [6, 6.07) is 11.7. The number of carbonyl (C=O) groups excluding carboxylic acids is 1. The molecule has 1 aromatic heterocycles. The van der Waals surface area contributed by atoms with Gasteiger partial charge in [-0.15, -0.1) is 11.3 Å². The Kier molecular flexibility index (Phi) is 7.04. The molecule has 0 unspecified atom stereocenters. The number of rotatable bonds is 7. The van der Waals surface area contributed by atoms with E-state index in [9.17, 15) is 26.4 Å². The summed E-state index contributed by atoms with van der Waals surface area (Å²) in [4.78, 5) is 18.6. The molecule has 33 heavy (non-hydrogen) atoms. The summed E-state index contributed by atoms with van der Waals surface area (Å²) in [6.07, 6.45) is -2.11. The Morgan fingerprint density at radius 1 is 1.24 bits per heavy atom. The van der Waals surface area contributed by atoms with Gasteiger partial charge in [-0.05, 0) is 42.8 Å². The van der Waals surface area contributed by atoms with Gasteiger partial charge in [-0.2, -0.15) is 5.26 Å². The number of aromatic nitrogens is 1. The average molecular weight is 495 g/mol. The molecule has 3 rings (SSSR count). The number of nitrogens with zero attached hydrogens (tertiary/aromatic N) is 3. The molecule has 172 valence electrons. The first-order valence-corrected chi connectivity index (χ1v) is 12.0. The maximum atomic E-state index is 14.1. The number of aryl methyl sites for hydroxylation is 1. The SMILES string of the molecule is Cc1sc(N(Cc2ccc(C(F)F)c(F)c2)c2ccc(C#N)cc2)nc1C(=O)NS(C)(=O)=O. The van der Waals surface area contributed by atoms with Crippen molar-refractivity contribution < 1.29 is 26.4 Å². The van der Waals surface area contributed by atoms with Crippen LogP contribution in [0.4, 0.5) is 24.0 Å². The van der Waals surface area contributed by atoms with E-state index in [0.29, 0.717) is 21.7 Å². The average Bonchev–Trinajstić information content (AvgIpc) is 3.12. The Balaban J connectivity index is 2.03. The largest absolute Gasteiger partial charge is 0.313 e. The first-order chi connectivity index (χ1) is 15.5. The zero-order valence-electron chi connectivity index (χ0n) is 17.3. The number of thiazole rings is 1. The van der Waals surface area contributed by atoms with E-state index in [0.717, 1.165) is 29.7 Å². The van der Waals surface area contributed by atoms with Crippen LogP contribution >= 0.6 is 11.3 Å². The van der Waals surface area contributed by atoms with E-state index in [-0.39, 0.29) is 17.4 Å². The van der Waals surface area contributed by atoms with Crippen LogP contribution in [-0.4, -0.2) is 25.6 Å². The number of benzene rings is 2. The van der Waals surface area contributed by atoms with Crippen LogP contribution in [0, 0.1) is 24.1 Å². The fourth-order valence-electron chi connectivity index (χ4n) is 2.94. The number of hydrogen-bond acceptors (Lipinski definition) is 7. The standard InChI is InChI=1S/C21H17F3N4O3S2/c1-12-18(20(29)27-33(2,30)31)26-21(32-12)28(15-6-3-13(10-25)4-7-15)11-14-5-8-16(19(23)24)17(22)9-14/h3-9,19H,11H2,1-2H3,(H,27,29). The summed E-state index contributed by atoms with van der Waals surface area (Å²) in [5.41, 5.74) is 0.480. The van der Waals surface area contributed by atoms with Crippen molar-refractivity contribution in [3.63, 3.8) is 0 Å². The molecule has 0 aliphatic heterocycles. The van der Waals surface area contributed by atoms with Crippen molar-refractivity contribution in [3.05, 3.63) is 75.5 Å². The zero-order chi connectivity index (χ0) is 24.3. The molecule has 7 nitrogen and oxygen atoms in total. The molecule has 1 heterocycles. The highest BCUT2D eigenvalue weighted by molar-refractivity contribution is 7.89. The fraction of sp³-hybridized carbons (Fsp3) is 0.190. The second-order valence-electron chi connectivity index (χ2n) is 7.01. The monoisotopic (exact) mass is 494 g/mol. The van der Waals surface area contributed by atoms with Crippen LogP contribution in [-0.2, 0) is 16.6 Å². The van der Waals surface area contributed by atoms with Crippen molar-refractivity contribution >= 4 is 38.1 Å². The van der Waals surface area contributed by atoms with Crippen molar-refractivity contribution in [3.8, 4) is 6.07 Å². The first-order valence-electron chi connectivity index (χ1n) is 9.32. The highest BCUT2D eigenvalue weighted by Crippen LogP contribution is 2.34. The Labute approximate surface area is 192 Å². The molecule has 0 saturated carbocycles. The number of alkyl halides is 2. The lowest BCUT2D eigenvalue weighted by Gasteiger charge is -2.22. The van der Waals surface area contributed by atoms with E-state index < -0.39 is 33.7 Å². The van der Waals surface area contributed by atoms with Gasteiger partial charge >= 0.3 is 0 Å². The minimum absolute atomic E-state index is 0.00638. The van der Waals surface area contributed by atoms with E-state index in [1.807, 2.05) is 10.8 Å². The van der Waals surface area contributed by atoms with E-state index in [2.05, 4.69) is 4.98 Å². The highest BCUT2D eigenvalue weighted by atomic mass is 32.2. The van der Waals surface area contributed by atoms with Crippen LogP contribution in [0.1, 0.15) is 38.5 Å². The molecule has 3 aromatic rings. The number of sulfonamides is 1. The number of halogens is 3. The third-order valence-corrected chi connectivity index (χ3v) is 6.01. The second-order valence-corrected chi connectivity index (χ2v) is 9.94. The maximum Gasteiger partial charge on any atom is 0.284 e. The van der Waals surface area contributed by atoms with Crippen LogP contribution in [0.15, 0.2) is 42.5 Å². The number of amides is 1. The van der Waals surface area contributed by atoms with Crippen LogP contribution < -0.4 is 9.62 Å². The van der Waals surface area contributed by atoms with Crippen molar-refractivity contribution in [1.82, 2.24) is 9.71 Å². The number of anilines is 2. The topological polar surface area (TPSA) is 103 Å². The molecule has 0 saturated heterocycles. The van der Waals surface area contributed by atoms with Gasteiger partial charge in [0.2, 0.25) is 10.0 Å². The van der Waals surface area contributed by atoms with Gasteiger partial charge in [0.05, 0.1) is 30.0 Å². The molecule has 1 amide bonds. The number of carbonyl (C=O) groups is 1. The predicted octanol–water partition coefficient (Wildman–Crippen LogP) is 4.43. The first kappa shape index (κ1) is 24.2. The number of hydrogen-bond donors (Lipinski definition) is 1. The molecular weight excluding hydrogens is 477 g/mol. The van der Waals surface area contributed by atoms with Gasteiger partial charge < -0.3 is 4.90 Å². The fourth-order valence-corrected chi connectivity index (χ4v) is 4.30. The summed E-state index contributed by atoms with van der Waals surface area (Å²) in [6.45, 7) is 1.60. The van der Waals surface area contributed by atoms with Gasteiger partial charge in [-0.25, -0.2) is 31.3 Å². The van der Waals surface area contributed by atoms with E-state index in [4.69, 9.17) is 5.26 Å². The van der Waals surface area contributed by atoms with Crippen LogP contribution in [0.2, 0.25) is 0 Å². The van der Waals surface area contributed by atoms with E-state index in [1.165, 1.54) is 6.07 Å². The minimum Gasteiger partial charge on any atom is -0.313 e. The number of nitrogens with one attached hydrogen (secondary N) is 1. The third kappa shape index (κ3) is 5.88. The van der Waals surface area contributed by atoms with Crippen LogP contribution in [0.25, 0.3) is 0 Å². The molecule has 0 aliphatic rings. The van der Waals surface area contributed by atoms with Gasteiger partial charge in [0.1, 0.15) is 11.5 Å². The Bertz CT molecular complexity index is 1330. The summed E-state index contributed by atoms with van der Waals surface area (Å²) in [5, 5.41) is 9.33. The lowest BCUT2D eigenvalue weighted by molar-refractivity contribution is 0.0977. The second kappa shape index (κ2) is 9.60. The van der Waals surface area contributed by atoms with Crippen molar-refractivity contribution in [2.45, 2.75) is 19.9 Å². The van der Waals surface area contributed by atoms with Crippen molar-refractivity contribution in [2.75, 3.05) is 11.2 Å². The normalized spacial score (nSPS) is 11.3. The molecule has 0 bridgehead atoms. The summed E-state index contributed by atoms with van der Waals surface area (Å²) in [5.74, 6) is -1.95. The van der Waals surface area contributed by atoms with Gasteiger partial charge in [-0.1, -0.05) is 12.1 Å². The Morgan fingerprint density at radius 3 is 2.45 bits per heavy atom. The highest BCUT2D eigenvalue weighted by Gasteiger charge is 2.23. The molecule has 0 spiro atoms. The van der Waals surface area contributed by atoms with Gasteiger partial charge in [0.15, 0.2) is 5.13 Å². The predicted molar refractivity (Wildman–Crippen MR) is 118 cm³/mol. The molecule has 0 aliphatic carbocycles. The summed E-state index contributed by atoms with van der Waals surface area (Å²) < 4.78 is 64.6. The van der Waals surface area contributed by atoms with E-state index >= 15 is 0 Å². The summed E-state index contributed by atoms with van der Waals surface area (Å²) >= 11 is 1.09. The maximum absolute atomic E-state index is 14.1. The molecule has 12 heteroatoms. The molecular formula is C21H17F3N4O3S2. The van der Waals surface area contributed by atoms with Gasteiger partial charge in [0, 0.05) is 10.6 Å². The number of nitriles is 1. The van der Waals surface area contributed by atoms with Gasteiger partial charge in [-0.3, -0.25) is 4.79 Å². The summed E-state index contributed by atoms with van der Waals surface area (Å²) in [7, 11) is -3.81. The lowest BCUT2D eigenvalue weighted by atomic mass is 10.1. The zero-order valence-corrected chi connectivity index (χ0v) is 19.0. The molecule has 0 atom stereocenters. The quantitative estimate of drug-likeness (QED) is 0.521. The Morgan fingerprint density at radius 2 is 1.91 bits per heavy atom. The van der Waals surface area contributed by atoms with E-state index in [1.54, 1.807) is 36.1 Å². The molecule has 1 N–H and O–H groups in total. The molecule has 0 radical (unpaired) electrons. The minimum atomic E-state index is -3.81. The van der Waals surface area contributed by atoms with Gasteiger partial charge in [0.25, 0.3) is 12.3 Å². The Hall–Kier alpha value is -3.43.